The zero-order valence-corrected chi connectivity index (χ0v) is 11.1. The Hall–Kier alpha value is -0.770. The Bertz CT molecular complexity index is 238. The van der Waals surface area contributed by atoms with Gasteiger partial charge in [0, 0.05) is 18.2 Å². The fourth-order valence-corrected chi connectivity index (χ4v) is 2.46. The third-order valence-electron chi connectivity index (χ3n) is 3.55. The summed E-state index contributed by atoms with van der Waals surface area (Å²) in [6, 6.07) is 0.0502. The molecule has 0 saturated heterocycles. The number of nitrogens with one attached hydrogen (secondary N) is 2. The van der Waals surface area contributed by atoms with Crippen LogP contribution in [0.3, 0.4) is 0 Å². The van der Waals surface area contributed by atoms with Crippen molar-refractivity contribution in [3.63, 3.8) is 0 Å². The number of hydrogen-bond acceptors (Lipinski definition) is 2. The fraction of sp³-hybridized carbons (Fsp3) is 0.923. The first-order valence-corrected chi connectivity index (χ1v) is 6.75. The summed E-state index contributed by atoms with van der Waals surface area (Å²) in [4.78, 5) is 11.8. The number of urea groups is 1. The summed E-state index contributed by atoms with van der Waals surface area (Å²) >= 11 is 0. The van der Waals surface area contributed by atoms with Crippen LogP contribution in [-0.2, 0) is 0 Å². The average molecular weight is 242 g/mol. The van der Waals surface area contributed by atoms with Crippen LogP contribution in [0, 0.1) is 0 Å². The molecule has 0 bridgehead atoms. The first-order chi connectivity index (χ1) is 8.06. The number of aliphatic hydroxyl groups is 1. The van der Waals surface area contributed by atoms with E-state index in [1.807, 2.05) is 6.92 Å². The van der Waals surface area contributed by atoms with Crippen molar-refractivity contribution in [3.8, 4) is 0 Å². The van der Waals surface area contributed by atoms with Gasteiger partial charge in [0.15, 0.2) is 0 Å². The molecule has 100 valence electrons. The van der Waals surface area contributed by atoms with Gasteiger partial charge < -0.3 is 15.7 Å². The van der Waals surface area contributed by atoms with Gasteiger partial charge in [-0.25, -0.2) is 4.79 Å². The van der Waals surface area contributed by atoms with E-state index < -0.39 is 0 Å². The molecule has 0 aromatic carbocycles. The van der Waals surface area contributed by atoms with Crippen molar-refractivity contribution in [1.29, 1.82) is 0 Å². The van der Waals surface area contributed by atoms with Crippen molar-refractivity contribution in [2.75, 3.05) is 6.61 Å². The Kier molecular flexibility index (Phi) is 5.75. The lowest BCUT2D eigenvalue weighted by Gasteiger charge is -2.34. The normalized spacial score (nSPS) is 20.6. The molecule has 0 aliphatic heterocycles. The number of amides is 2. The first kappa shape index (κ1) is 14.3. The summed E-state index contributed by atoms with van der Waals surface area (Å²) in [6.07, 6.45) is 7.40. The summed E-state index contributed by atoms with van der Waals surface area (Å²) < 4.78 is 0. The molecule has 1 rings (SSSR count). The molecular weight excluding hydrogens is 216 g/mol. The average Bonchev–Trinajstić information content (AvgIpc) is 2.26. The fourth-order valence-electron chi connectivity index (χ4n) is 2.46. The van der Waals surface area contributed by atoms with Gasteiger partial charge in [0.2, 0.25) is 0 Å². The van der Waals surface area contributed by atoms with Crippen LogP contribution in [0.2, 0.25) is 0 Å². The molecule has 1 unspecified atom stereocenters. The topological polar surface area (TPSA) is 61.4 Å². The molecule has 4 nitrogen and oxygen atoms in total. The third kappa shape index (κ3) is 5.39. The van der Waals surface area contributed by atoms with E-state index in [0.717, 1.165) is 25.7 Å². The zero-order valence-electron chi connectivity index (χ0n) is 11.1. The predicted molar refractivity (Wildman–Crippen MR) is 68.9 cm³/mol. The number of carbonyl (C=O) groups excluding carboxylic acids is 1. The molecule has 0 radical (unpaired) electrons. The minimum Gasteiger partial charge on any atom is -0.396 e. The van der Waals surface area contributed by atoms with Crippen molar-refractivity contribution >= 4 is 6.03 Å². The molecule has 2 amide bonds. The number of hydrogen-bond donors (Lipinski definition) is 3. The number of carbonyl (C=O) groups is 1. The highest BCUT2D eigenvalue weighted by atomic mass is 16.3. The van der Waals surface area contributed by atoms with Crippen LogP contribution in [0.15, 0.2) is 0 Å². The maximum Gasteiger partial charge on any atom is 0.315 e. The minimum absolute atomic E-state index is 0.0287. The highest BCUT2D eigenvalue weighted by Crippen LogP contribution is 2.27. The molecule has 0 aromatic rings. The molecule has 1 saturated carbocycles. The first-order valence-electron chi connectivity index (χ1n) is 6.75. The van der Waals surface area contributed by atoms with Gasteiger partial charge in [-0.15, -0.1) is 0 Å². The second-order valence-electron chi connectivity index (χ2n) is 5.49. The predicted octanol–water partition coefficient (Wildman–Crippen LogP) is 2.17. The van der Waals surface area contributed by atoms with E-state index in [4.69, 9.17) is 5.11 Å². The van der Waals surface area contributed by atoms with Crippen molar-refractivity contribution in [2.24, 2.45) is 0 Å². The van der Waals surface area contributed by atoms with Crippen LogP contribution in [0.1, 0.15) is 58.8 Å². The van der Waals surface area contributed by atoms with Gasteiger partial charge in [0.05, 0.1) is 0 Å². The molecule has 0 heterocycles. The van der Waals surface area contributed by atoms with Gasteiger partial charge in [-0.05, 0) is 39.5 Å². The van der Waals surface area contributed by atoms with Crippen LogP contribution in [0.5, 0.6) is 0 Å². The summed E-state index contributed by atoms with van der Waals surface area (Å²) in [5.74, 6) is 0. The molecule has 3 N–H and O–H groups in total. The summed E-state index contributed by atoms with van der Waals surface area (Å²) in [7, 11) is 0. The van der Waals surface area contributed by atoms with Crippen molar-refractivity contribution in [3.05, 3.63) is 0 Å². The maximum atomic E-state index is 11.8. The van der Waals surface area contributed by atoms with Crippen molar-refractivity contribution in [2.45, 2.75) is 70.4 Å². The van der Waals surface area contributed by atoms with Gasteiger partial charge >= 0.3 is 6.03 Å². The Balaban J connectivity index is 2.27. The van der Waals surface area contributed by atoms with E-state index in [0.29, 0.717) is 0 Å². The van der Waals surface area contributed by atoms with Gasteiger partial charge in [-0.1, -0.05) is 19.3 Å². The molecule has 1 aliphatic rings. The van der Waals surface area contributed by atoms with E-state index in [9.17, 15) is 4.79 Å². The minimum atomic E-state index is -0.0696. The van der Waals surface area contributed by atoms with Crippen LogP contribution in [0.25, 0.3) is 0 Å². The quantitative estimate of drug-likeness (QED) is 0.692. The molecule has 0 aromatic heterocycles. The third-order valence-corrected chi connectivity index (χ3v) is 3.55. The Labute approximate surface area is 104 Å². The summed E-state index contributed by atoms with van der Waals surface area (Å²) in [5.41, 5.74) is -0.0287. The summed E-state index contributed by atoms with van der Waals surface area (Å²) in [6.45, 7) is 4.29. The van der Waals surface area contributed by atoms with Gasteiger partial charge in [0.25, 0.3) is 0 Å². The molecule has 1 atom stereocenters. The molecule has 1 fully saturated rings. The Morgan fingerprint density at radius 1 is 1.35 bits per heavy atom. The molecule has 4 heteroatoms. The van der Waals surface area contributed by atoms with E-state index in [1.54, 1.807) is 0 Å². The van der Waals surface area contributed by atoms with E-state index in [1.165, 1.54) is 19.3 Å². The molecule has 1 aliphatic carbocycles. The van der Waals surface area contributed by atoms with Crippen LogP contribution in [-0.4, -0.2) is 29.3 Å². The standard InChI is InChI=1S/C13H26N2O2/c1-11(7-6-10-16)14-12(17)15-13(2)8-4-3-5-9-13/h11,16H,3-10H2,1-2H3,(H2,14,15,17). The van der Waals surface area contributed by atoms with Crippen LogP contribution in [0.4, 0.5) is 4.79 Å². The van der Waals surface area contributed by atoms with Crippen molar-refractivity contribution in [1.82, 2.24) is 10.6 Å². The van der Waals surface area contributed by atoms with Gasteiger partial charge in [-0.3, -0.25) is 0 Å². The molecule has 17 heavy (non-hydrogen) atoms. The monoisotopic (exact) mass is 242 g/mol. The smallest absolute Gasteiger partial charge is 0.315 e. The second-order valence-corrected chi connectivity index (χ2v) is 5.49. The number of aliphatic hydroxyl groups excluding tert-OH is 1. The maximum absolute atomic E-state index is 11.8. The lowest BCUT2D eigenvalue weighted by atomic mass is 9.83. The largest absolute Gasteiger partial charge is 0.396 e. The zero-order chi connectivity index (χ0) is 12.7. The highest BCUT2D eigenvalue weighted by Gasteiger charge is 2.28. The number of rotatable bonds is 5. The van der Waals surface area contributed by atoms with Crippen LogP contribution < -0.4 is 10.6 Å². The lowest BCUT2D eigenvalue weighted by molar-refractivity contribution is 0.206. The summed E-state index contributed by atoms with van der Waals surface area (Å²) in [5, 5.41) is 14.7. The molecule has 0 spiro atoms. The Morgan fingerprint density at radius 2 is 2.00 bits per heavy atom. The van der Waals surface area contributed by atoms with E-state index in [2.05, 4.69) is 17.6 Å². The van der Waals surface area contributed by atoms with Gasteiger partial charge in [0.1, 0.15) is 0 Å². The van der Waals surface area contributed by atoms with E-state index in [-0.39, 0.29) is 24.2 Å². The SMILES string of the molecule is CC(CCCO)NC(=O)NC1(C)CCCCC1. The van der Waals surface area contributed by atoms with E-state index >= 15 is 0 Å². The van der Waals surface area contributed by atoms with Crippen molar-refractivity contribution < 1.29 is 9.90 Å². The highest BCUT2D eigenvalue weighted by molar-refractivity contribution is 5.75. The Morgan fingerprint density at radius 3 is 2.59 bits per heavy atom. The van der Waals surface area contributed by atoms with Crippen LogP contribution >= 0.6 is 0 Å². The molecular formula is C13H26N2O2. The lowest BCUT2D eigenvalue weighted by Crippen LogP contribution is -2.52. The second kappa shape index (κ2) is 6.84. The van der Waals surface area contributed by atoms with Gasteiger partial charge in [-0.2, -0.15) is 0 Å².